The second kappa shape index (κ2) is 12.7. The van der Waals surface area contributed by atoms with E-state index in [0.29, 0.717) is 34.2 Å². The number of halogens is 2. The largest absolute Gasteiger partial charge is 0.455 e. The van der Waals surface area contributed by atoms with Gasteiger partial charge in [-0.15, -0.1) is 0 Å². The highest BCUT2D eigenvalue weighted by Gasteiger charge is 2.27. The topological polar surface area (TPSA) is 96.7 Å². The molecule has 0 unspecified atom stereocenters. The Morgan fingerprint density at radius 2 is 1.70 bits per heavy atom. The number of ketones is 1. The number of benzene rings is 3. The molecule has 228 valence electrons. The lowest BCUT2D eigenvalue weighted by Crippen LogP contribution is -2.32. The Hall–Kier alpha value is -4.05. The van der Waals surface area contributed by atoms with Gasteiger partial charge in [-0.2, -0.15) is 0 Å². The van der Waals surface area contributed by atoms with Gasteiger partial charge in [0, 0.05) is 47.7 Å². The number of amides is 1. The Kier molecular flexibility index (Phi) is 9.39. The van der Waals surface area contributed by atoms with Crippen molar-refractivity contribution in [1.29, 1.82) is 0 Å². The van der Waals surface area contributed by atoms with Crippen LogP contribution in [0.25, 0.3) is 33.4 Å². The molecule has 0 aliphatic heterocycles. The first-order valence-corrected chi connectivity index (χ1v) is 15.9. The number of rotatable bonds is 11. The SMILES string of the molecule is CCC(=O)c1c(-c2ccc(F)cc2)oc2cc(N(CCCF)S(C)(=O)=O)c(-c3cccc(C(=O)NCC(C)(C)C)c3)cc12. The maximum Gasteiger partial charge on any atom is 0.251 e. The number of fused-ring (bicyclic) bond motifs is 1. The summed E-state index contributed by atoms with van der Waals surface area (Å²) in [5.74, 6) is -0.726. The zero-order chi connectivity index (χ0) is 31.5. The van der Waals surface area contributed by atoms with Crippen LogP contribution in [0.3, 0.4) is 0 Å². The molecule has 0 saturated carbocycles. The fraction of sp³-hybridized carbons (Fsp3) is 0.333. The number of alkyl halides is 1. The Morgan fingerprint density at radius 1 is 1.00 bits per heavy atom. The van der Waals surface area contributed by atoms with E-state index >= 15 is 0 Å². The summed E-state index contributed by atoms with van der Waals surface area (Å²) in [6, 6.07) is 15.5. The van der Waals surface area contributed by atoms with Crippen LogP contribution in [0.4, 0.5) is 14.5 Å². The Balaban J connectivity index is 2.00. The molecule has 0 atom stereocenters. The molecule has 0 bridgehead atoms. The van der Waals surface area contributed by atoms with Crippen LogP contribution in [0, 0.1) is 11.2 Å². The van der Waals surface area contributed by atoms with Crippen LogP contribution in [0.15, 0.2) is 65.1 Å². The number of furan rings is 1. The Labute approximate surface area is 250 Å². The summed E-state index contributed by atoms with van der Waals surface area (Å²) in [6.45, 7) is 7.31. The fourth-order valence-corrected chi connectivity index (χ4v) is 5.74. The number of nitrogens with one attached hydrogen (secondary N) is 1. The smallest absolute Gasteiger partial charge is 0.251 e. The van der Waals surface area contributed by atoms with E-state index in [9.17, 15) is 26.8 Å². The van der Waals surface area contributed by atoms with E-state index in [1.54, 1.807) is 37.3 Å². The third-order valence-corrected chi connectivity index (χ3v) is 8.07. The van der Waals surface area contributed by atoms with Crippen molar-refractivity contribution in [3.8, 4) is 22.5 Å². The molecule has 0 radical (unpaired) electrons. The van der Waals surface area contributed by atoms with Crippen LogP contribution in [-0.4, -0.2) is 46.1 Å². The zero-order valence-electron chi connectivity index (χ0n) is 25.0. The number of Topliss-reactive ketones (excluding diaryl/α,β-unsaturated/α-hetero) is 1. The van der Waals surface area contributed by atoms with Gasteiger partial charge >= 0.3 is 0 Å². The summed E-state index contributed by atoms with van der Waals surface area (Å²) in [6.07, 6.45) is 1.15. The second-order valence-electron chi connectivity index (χ2n) is 11.7. The first-order valence-electron chi connectivity index (χ1n) is 14.1. The molecule has 10 heteroatoms. The predicted molar refractivity (Wildman–Crippen MR) is 166 cm³/mol. The van der Waals surface area contributed by atoms with Gasteiger partial charge in [0.25, 0.3) is 5.91 Å². The molecule has 4 aromatic rings. The van der Waals surface area contributed by atoms with Crippen LogP contribution in [-0.2, 0) is 10.0 Å². The summed E-state index contributed by atoms with van der Waals surface area (Å²) in [4.78, 5) is 26.3. The standard InChI is InChI=1S/C33H36F2N2O5S/c1-6-28(38)30-26-18-25(22-9-7-10-23(17-22)32(39)36-20-33(2,3)4)27(37(16-8-15-34)43(5,40)41)19-29(26)42-31(30)21-11-13-24(35)14-12-21/h7,9-14,17-19H,6,8,15-16,20H2,1-5H3,(H,36,39). The van der Waals surface area contributed by atoms with Crippen LogP contribution in [0.1, 0.15) is 61.3 Å². The highest BCUT2D eigenvalue weighted by Crippen LogP contribution is 2.42. The maximum atomic E-state index is 13.7. The van der Waals surface area contributed by atoms with Crippen LogP contribution < -0.4 is 9.62 Å². The normalized spacial score (nSPS) is 12.0. The van der Waals surface area contributed by atoms with E-state index < -0.39 is 22.5 Å². The number of carbonyl (C=O) groups is 2. The molecule has 1 N–H and O–H groups in total. The summed E-state index contributed by atoms with van der Waals surface area (Å²) < 4.78 is 60.3. The zero-order valence-corrected chi connectivity index (χ0v) is 25.8. The summed E-state index contributed by atoms with van der Waals surface area (Å²) >= 11 is 0. The van der Waals surface area contributed by atoms with Crippen LogP contribution in [0.2, 0.25) is 0 Å². The van der Waals surface area contributed by atoms with E-state index in [-0.39, 0.29) is 59.1 Å². The number of hydrogen-bond donors (Lipinski definition) is 1. The van der Waals surface area contributed by atoms with Gasteiger partial charge < -0.3 is 9.73 Å². The molecule has 4 rings (SSSR count). The van der Waals surface area contributed by atoms with Gasteiger partial charge in [0.05, 0.1) is 24.2 Å². The second-order valence-corrected chi connectivity index (χ2v) is 13.6. The van der Waals surface area contributed by atoms with Crippen molar-refractivity contribution in [3.05, 3.63) is 77.6 Å². The van der Waals surface area contributed by atoms with Crippen molar-refractivity contribution in [3.63, 3.8) is 0 Å². The molecule has 0 spiro atoms. The van der Waals surface area contributed by atoms with Crippen LogP contribution in [0.5, 0.6) is 0 Å². The molecule has 1 amide bonds. The summed E-state index contributed by atoms with van der Waals surface area (Å²) in [7, 11) is -3.88. The molecule has 1 heterocycles. The predicted octanol–water partition coefficient (Wildman–Crippen LogP) is 7.40. The van der Waals surface area contributed by atoms with Crippen molar-refractivity contribution in [1.82, 2.24) is 5.32 Å². The van der Waals surface area contributed by atoms with Gasteiger partial charge in [-0.3, -0.25) is 18.3 Å². The molecule has 7 nitrogen and oxygen atoms in total. The average Bonchev–Trinajstić information content (AvgIpc) is 3.33. The lowest BCUT2D eigenvalue weighted by atomic mass is 9.95. The lowest BCUT2D eigenvalue weighted by Gasteiger charge is -2.25. The van der Waals surface area contributed by atoms with E-state index in [4.69, 9.17) is 4.42 Å². The third kappa shape index (κ3) is 7.30. The van der Waals surface area contributed by atoms with E-state index in [1.807, 2.05) is 20.8 Å². The molecular weight excluding hydrogens is 574 g/mol. The maximum absolute atomic E-state index is 13.7. The molecule has 43 heavy (non-hydrogen) atoms. The number of hydrogen-bond acceptors (Lipinski definition) is 5. The van der Waals surface area contributed by atoms with Gasteiger partial charge in [0.1, 0.15) is 17.2 Å². The first kappa shape index (κ1) is 31.9. The third-order valence-electron chi connectivity index (χ3n) is 6.89. The fourth-order valence-electron chi connectivity index (χ4n) is 4.77. The van der Waals surface area contributed by atoms with E-state index in [0.717, 1.165) is 10.6 Å². The minimum Gasteiger partial charge on any atom is -0.455 e. The highest BCUT2D eigenvalue weighted by molar-refractivity contribution is 7.92. The molecular formula is C33H36F2N2O5S. The first-order chi connectivity index (χ1) is 20.2. The van der Waals surface area contributed by atoms with Gasteiger partial charge in [0.15, 0.2) is 5.78 Å². The van der Waals surface area contributed by atoms with E-state index in [2.05, 4.69) is 5.32 Å². The van der Waals surface area contributed by atoms with Crippen molar-refractivity contribution < 1.29 is 31.2 Å². The van der Waals surface area contributed by atoms with Crippen molar-refractivity contribution in [2.45, 2.75) is 40.5 Å². The highest BCUT2D eigenvalue weighted by atomic mass is 32.2. The van der Waals surface area contributed by atoms with Gasteiger partial charge in [-0.05, 0) is 59.9 Å². The monoisotopic (exact) mass is 610 g/mol. The Morgan fingerprint density at radius 3 is 2.30 bits per heavy atom. The molecule has 0 aliphatic rings. The van der Waals surface area contributed by atoms with Gasteiger partial charge in [0.2, 0.25) is 10.0 Å². The van der Waals surface area contributed by atoms with Crippen molar-refractivity contribution in [2.75, 3.05) is 30.3 Å². The minimum atomic E-state index is -3.88. The average molecular weight is 611 g/mol. The van der Waals surface area contributed by atoms with E-state index in [1.165, 1.54) is 30.3 Å². The number of sulfonamides is 1. The lowest BCUT2D eigenvalue weighted by molar-refractivity contribution is 0.0938. The number of nitrogens with zero attached hydrogens (tertiary/aromatic N) is 1. The quantitative estimate of drug-likeness (QED) is 0.179. The van der Waals surface area contributed by atoms with Crippen LogP contribution >= 0.6 is 0 Å². The van der Waals surface area contributed by atoms with Crippen molar-refractivity contribution in [2.24, 2.45) is 5.41 Å². The number of anilines is 1. The number of carbonyl (C=O) groups excluding carboxylic acids is 2. The molecule has 0 saturated heterocycles. The molecule has 0 fully saturated rings. The summed E-state index contributed by atoms with van der Waals surface area (Å²) in [5.41, 5.74) is 2.38. The van der Waals surface area contributed by atoms with Gasteiger partial charge in [-0.25, -0.2) is 12.8 Å². The Bertz CT molecular complexity index is 1760. The summed E-state index contributed by atoms with van der Waals surface area (Å²) in [5, 5.41) is 3.36. The molecule has 1 aromatic heterocycles. The van der Waals surface area contributed by atoms with Gasteiger partial charge in [-0.1, -0.05) is 39.8 Å². The molecule has 0 aliphatic carbocycles. The molecule has 3 aromatic carbocycles. The van der Waals surface area contributed by atoms with Crippen molar-refractivity contribution >= 4 is 38.4 Å². The minimum absolute atomic E-state index is 0.0433.